The van der Waals surface area contributed by atoms with E-state index in [0.717, 1.165) is 30.2 Å². The summed E-state index contributed by atoms with van der Waals surface area (Å²) in [6, 6.07) is 3.56. The Kier molecular flexibility index (Phi) is 5.88. The number of aliphatic imine (C=N–C) groups is 1. The van der Waals surface area contributed by atoms with Crippen LogP contribution in [0.4, 0.5) is 14.5 Å². The van der Waals surface area contributed by atoms with Gasteiger partial charge in [-0.2, -0.15) is 0 Å². The molecule has 0 atom stereocenters. The number of guanidine groups is 1. The van der Waals surface area contributed by atoms with E-state index in [4.69, 9.17) is 0 Å². The summed E-state index contributed by atoms with van der Waals surface area (Å²) in [5.41, 5.74) is 0.311. The van der Waals surface area contributed by atoms with Gasteiger partial charge in [0, 0.05) is 45.8 Å². The van der Waals surface area contributed by atoms with E-state index in [2.05, 4.69) is 25.4 Å². The van der Waals surface area contributed by atoms with Crippen LogP contribution in [0.25, 0.3) is 0 Å². The monoisotopic (exact) mass is 377 g/mol. The molecule has 0 bridgehead atoms. The maximum absolute atomic E-state index is 14.0. The molecule has 0 saturated carbocycles. The number of benzene rings is 1. The standard InChI is InChI=1S/C18H25F2N7/c1-4-21-18(22-12-17-24-23-13(2)25(17)3)27-9-7-26(8-10-27)16-11-14(19)5-6-15(16)20/h5-6,11H,4,7-10,12H2,1-3H3,(H,21,22). The smallest absolute Gasteiger partial charge is 0.194 e. The summed E-state index contributed by atoms with van der Waals surface area (Å²) in [6.07, 6.45) is 0. The van der Waals surface area contributed by atoms with Crippen molar-refractivity contribution in [3.8, 4) is 0 Å². The zero-order chi connectivity index (χ0) is 19.4. The number of rotatable bonds is 4. The summed E-state index contributed by atoms with van der Waals surface area (Å²) in [5.74, 6) is 1.60. The van der Waals surface area contributed by atoms with E-state index in [1.807, 2.05) is 30.4 Å². The zero-order valence-electron chi connectivity index (χ0n) is 15.9. The third-order valence-electron chi connectivity index (χ3n) is 4.72. The summed E-state index contributed by atoms with van der Waals surface area (Å²) < 4.78 is 29.4. The molecule has 0 spiro atoms. The number of anilines is 1. The molecule has 2 aromatic rings. The summed E-state index contributed by atoms with van der Waals surface area (Å²) >= 11 is 0. The maximum Gasteiger partial charge on any atom is 0.194 e. The van der Waals surface area contributed by atoms with Crippen molar-refractivity contribution < 1.29 is 8.78 Å². The molecule has 0 radical (unpaired) electrons. The summed E-state index contributed by atoms with van der Waals surface area (Å²) in [7, 11) is 1.92. The topological polar surface area (TPSA) is 61.6 Å². The van der Waals surface area contributed by atoms with Gasteiger partial charge in [0.05, 0.1) is 5.69 Å². The minimum absolute atomic E-state index is 0.311. The highest BCUT2D eigenvalue weighted by Gasteiger charge is 2.22. The fraction of sp³-hybridized carbons (Fsp3) is 0.500. The molecule has 0 amide bonds. The molecular weight excluding hydrogens is 352 g/mol. The van der Waals surface area contributed by atoms with E-state index < -0.39 is 11.6 Å². The third-order valence-corrected chi connectivity index (χ3v) is 4.72. The van der Waals surface area contributed by atoms with Gasteiger partial charge in [-0.15, -0.1) is 10.2 Å². The average molecular weight is 377 g/mol. The van der Waals surface area contributed by atoms with Gasteiger partial charge >= 0.3 is 0 Å². The van der Waals surface area contributed by atoms with E-state index in [-0.39, 0.29) is 0 Å². The van der Waals surface area contributed by atoms with Crippen molar-refractivity contribution in [3.05, 3.63) is 41.5 Å². The van der Waals surface area contributed by atoms with Gasteiger partial charge in [0.15, 0.2) is 11.8 Å². The molecular formula is C18H25F2N7. The van der Waals surface area contributed by atoms with Crippen LogP contribution in [0, 0.1) is 18.6 Å². The van der Waals surface area contributed by atoms with Crippen LogP contribution in [0.1, 0.15) is 18.6 Å². The highest BCUT2D eigenvalue weighted by atomic mass is 19.1. The Morgan fingerprint density at radius 2 is 1.93 bits per heavy atom. The van der Waals surface area contributed by atoms with Gasteiger partial charge in [0.1, 0.15) is 24.0 Å². The van der Waals surface area contributed by atoms with Crippen molar-refractivity contribution in [2.24, 2.45) is 12.0 Å². The molecule has 1 aromatic carbocycles. The first-order valence-electron chi connectivity index (χ1n) is 9.07. The van der Waals surface area contributed by atoms with E-state index in [0.29, 0.717) is 38.4 Å². The largest absolute Gasteiger partial charge is 0.366 e. The molecule has 2 heterocycles. The fourth-order valence-electron chi connectivity index (χ4n) is 3.05. The predicted molar refractivity (Wildman–Crippen MR) is 101 cm³/mol. The van der Waals surface area contributed by atoms with E-state index in [9.17, 15) is 8.78 Å². The summed E-state index contributed by atoms with van der Waals surface area (Å²) in [6.45, 7) is 7.60. The Bertz CT molecular complexity index is 810. The first-order chi connectivity index (χ1) is 13.0. The minimum Gasteiger partial charge on any atom is -0.366 e. The second-order valence-corrected chi connectivity index (χ2v) is 6.46. The molecule has 146 valence electrons. The van der Waals surface area contributed by atoms with Crippen LogP contribution in [0.2, 0.25) is 0 Å². The van der Waals surface area contributed by atoms with Crippen LogP contribution in [0.3, 0.4) is 0 Å². The molecule has 1 aromatic heterocycles. The molecule has 1 fully saturated rings. The molecule has 7 nitrogen and oxygen atoms in total. The number of piperazine rings is 1. The quantitative estimate of drug-likeness (QED) is 0.649. The molecule has 0 aliphatic carbocycles. The van der Waals surface area contributed by atoms with Crippen molar-refractivity contribution in [2.45, 2.75) is 20.4 Å². The molecule has 1 N–H and O–H groups in total. The number of halogens is 2. The SMILES string of the molecule is CCNC(=NCc1nnc(C)n1C)N1CCN(c2cc(F)ccc2F)CC1. The number of aryl methyl sites for hydroxylation is 1. The molecule has 0 unspecified atom stereocenters. The minimum atomic E-state index is -0.428. The van der Waals surface area contributed by atoms with Crippen molar-refractivity contribution >= 4 is 11.6 Å². The van der Waals surface area contributed by atoms with Crippen LogP contribution in [-0.4, -0.2) is 58.3 Å². The highest BCUT2D eigenvalue weighted by molar-refractivity contribution is 5.80. The number of hydrogen-bond donors (Lipinski definition) is 1. The number of hydrogen-bond acceptors (Lipinski definition) is 4. The molecule has 27 heavy (non-hydrogen) atoms. The first-order valence-corrected chi connectivity index (χ1v) is 9.07. The summed E-state index contributed by atoms with van der Waals surface area (Å²) in [5, 5.41) is 11.5. The predicted octanol–water partition coefficient (Wildman–Crippen LogP) is 1.69. The van der Waals surface area contributed by atoms with Crippen LogP contribution in [0.5, 0.6) is 0 Å². The zero-order valence-corrected chi connectivity index (χ0v) is 15.9. The Balaban J connectivity index is 1.67. The molecule has 1 aliphatic heterocycles. The van der Waals surface area contributed by atoms with E-state index in [1.165, 1.54) is 12.1 Å². The lowest BCUT2D eigenvalue weighted by Crippen LogP contribution is -2.52. The number of nitrogens with one attached hydrogen (secondary N) is 1. The van der Waals surface area contributed by atoms with Crippen LogP contribution in [-0.2, 0) is 13.6 Å². The van der Waals surface area contributed by atoms with Gasteiger partial charge in [-0.3, -0.25) is 0 Å². The summed E-state index contributed by atoms with van der Waals surface area (Å²) in [4.78, 5) is 8.66. The second-order valence-electron chi connectivity index (χ2n) is 6.46. The van der Waals surface area contributed by atoms with Gasteiger partial charge in [0.25, 0.3) is 0 Å². The Morgan fingerprint density at radius 3 is 2.56 bits per heavy atom. The van der Waals surface area contributed by atoms with Gasteiger partial charge in [0.2, 0.25) is 0 Å². The molecule has 9 heteroatoms. The van der Waals surface area contributed by atoms with Crippen molar-refractivity contribution in [1.82, 2.24) is 25.0 Å². The van der Waals surface area contributed by atoms with Gasteiger partial charge in [-0.05, 0) is 26.0 Å². The lowest BCUT2D eigenvalue weighted by Gasteiger charge is -2.37. The lowest BCUT2D eigenvalue weighted by atomic mass is 10.2. The Labute approximate surface area is 157 Å². The highest BCUT2D eigenvalue weighted by Crippen LogP contribution is 2.22. The first kappa shape index (κ1) is 19.1. The fourth-order valence-corrected chi connectivity index (χ4v) is 3.05. The maximum atomic E-state index is 14.0. The lowest BCUT2D eigenvalue weighted by molar-refractivity contribution is 0.370. The average Bonchev–Trinajstić information content (AvgIpc) is 2.99. The van der Waals surface area contributed by atoms with E-state index >= 15 is 0 Å². The van der Waals surface area contributed by atoms with E-state index in [1.54, 1.807) is 0 Å². The van der Waals surface area contributed by atoms with Gasteiger partial charge in [-0.1, -0.05) is 0 Å². The number of aromatic nitrogens is 3. The van der Waals surface area contributed by atoms with Crippen LogP contribution in [0.15, 0.2) is 23.2 Å². The van der Waals surface area contributed by atoms with Crippen molar-refractivity contribution in [1.29, 1.82) is 0 Å². The van der Waals surface area contributed by atoms with Crippen molar-refractivity contribution in [3.63, 3.8) is 0 Å². The molecule has 1 aliphatic rings. The van der Waals surface area contributed by atoms with Crippen LogP contribution < -0.4 is 10.2 Å². The normalized spacial score (nSPS) is 15.4. The molecule has 3 rings (SSSR count). The van der Waals surface area contributed by atoms with Crippen LogP contribution >= 0.6 is 0 Å². The molecule has 1 saturated heterocycles. The Morgan fingerprint density at radius 1 is 1.19 bits per heavy atom. The van der Waals surface area contributed by atoms with Gasteiger partial charge in [-0.25, -0.2) is 13.8 Å². The van der Waals surface area contributed by atoms with Gasteiger partial charge < -0.3 is 19.7 Å². The number of nitrogens with zero attached hydrogens (tertiary/aromatic N) is 6. The van der Waals surface area contributed by atoms with Crippen molar-refractivity contribution in [2.75, 3.05) is 37.6 Å². The second kappa shape index (κ2) is 8.32. The third kappa shape index (κ3) is 4.35. The Hall–Kier alpha value is -2.71.